The summed E-state index contributed by atoms with van der Waals surface area (Å²) in [6, 6.07) is 0. The van der Waals surface area contributed by atoms with Crippen molar-refractivity contribution < 1.29 is 27.9 Å². The van der Waals surface area contributed by atoms with Gasteiger partial charge < -0.3 is 27.9 Å². The molecule has 2 fully saturated rings. The highest BCUT2D eigenvalue weighted by atomic mass is 16.8. The third-order valence-corrected chi connectivity index (χ3v) is 4.70. The molecular formula is C14H28B2O6. The van der Waals surface area contributed by atoms with Crippen LogP contribution in [-0.4, -0.2) is 50.3 Å². The molecule has 0 spiro atoms. The molecule has 0 bridgehead atoms. The molecule has 2 rings (SSSR count). The first kappa shape index (κ1) is 18.2. The van der Waals surface area contributed by atoms with E-state index in [-0.39, 0.29) is 35.6 Å². The van der Waals surface area contributed by atoms with Gasteiger partial charge in [0.05, 0.1) is 35.6 Å². The molecule has 2 heterocycles. The van der Waals surface area contributed by atoms with Gasteiger partial charge in [0.1, 0.15) is 0 Å². The Hall–Kier alpha value is -0.110. The molecule has 0 N–H and O–H groups in total. The van der Waals surface area contributed by atoms with Crippen molar-refractivity contribution in [2.24, 2.45) is 0 Å². The minimum atomic E-state index is -0.674. The van der Waals surface area contributed by atoms with Crippen LogP contribution in [0.3, 0.4) is 0 Å². The lowest BCUT2D eigenvalue weighted by Gasteiger charge is -2.24. The summed E-state index contributed by atoms with van der Waals surface area (Å²) in [5.41, 5.74) is -0.711. The molecule has 8 heteroatoms. The summed E-state index contributed by atoms with van der Waals surface area (Å²) in [6.45, 7) is 15.7. The lowest BCUT2D eigenvalue weighted by Crippen LogP contribution is -2.39. The van der Waals surface area contributed by atoms with Gasteiger partial charge >= 0.3 is 14.6 Å². The summed E-state index contributed by atoms with van der Waals surface area (Å²) in [4.78, 5) is 0. The first-order valence-electron chi connectivity index (χ1n) is 7.99. The number of rotatable bonds is 5. The van der Waals surface area contributed by atoms with Gasteiger partial charge in [0.2, 0.25) is 0 Å². The summed E-state index contributed by atoms with van der Waals surface area (Å²) in [6.07, 6.45) is -0.497. The Balaban J connectivity index is 1.80. The molecule has 2 aliphatic rings. The van der Waals surface area contributed by atoms with Crippen molar-refractivity contribution >= 4 is 14.6 Å². The Labute approximate surface area is 134 Å². The summed E-state index contributed by atoms with van der Waals surface area (Å²) >= 11 is 0. The van der Waals surface area contributed by atoms with Crippen LogP contribution in [0.4, 0.5) is 0 Å². The van der Waals surface area contributed by atoms with Crippen molar-refractivity contribution in [3.8, 4) is 0 Å². The molecule has 0 saturated carbocycles. The highest BCUT2D eigenvalue weighted by molar-refractivity contribution is 6.38. The monoisotopic (exact) mass is 314 g/mol. The van der Waals surface area contributed by atoms with Crippen LogP contribution in [0.25, 0.3) is 0 Å². The Bertz CT molecular complexity index is 356. The molecule has 126 valence electrons. The second-order valence-electron chi connectivity index (χ2n) is 7.26. The van der Waals surface area contributed by atoms with Gasteiger partial charge in [-0.1, -0.05) is 0 Å². The Kier molecular flexibility index (Phi) is 5.32. The number of hydrogen-bond donors (Lipinski definition) is 0. The van der Waals surface area contributed by atoms with Crippen LogP contribution >= 0.6 is 0 Å². The van der Waals surface area contributed by atoms with Crippen LogP contribution in [0.5, 0.6) is 0 Å². The van der Waals surface area contributed by atoms with E-state index in [2.05, 4.69) is 0 Å². The standard InChI is InChI=1S/C14H28B2O6/c1-9(17-15-19-11(3)13(5,6)21-15)10(2)18-16-20-12(4)14(7,8)22-16/h9-12H,1-8H3. The average molecular weight is 314 g/mol. The van der Waals surface area contributed by atoms with Crippen LogP contribution in [0, 0.1) is 0 Å². The Morgan fingerprint density at radius 2 is 1.09 bits per heavy atom. The molecule has 0 aromatic heterocycles. The highest BCUT2D eigenvalue weighted by Crippen LogP contribution is 2.30. The van der Waals surface area contributed by atoms with Crippen molar-refractivity contribution in [3.63, 3.8) is 0 Å². The molecule has 0 aromatic rings. The van der Waals surface area contributed by atoms with Gasteiger partial charge in [-0.3, -0.25) is 0 Å². The fourth-order valence-corrected chi connectivity index (χ4v) is 2.10. The van der Waals surface area contributed by atoms with Crippen molar-refractivity contribution in [2.75, 3.05) is 0 Å². The molecule has 2 saturated heterocycles. The van der Waals surface area contributed by atoms with E-state index in [1.807, 2.05) is 55.4 Å². The van der Waals surface area contributed by atoms with Gasteiger partial charge in [-0.05, 0) is 55.4 Å². The van der Waals surface area contributed by atoms with Gasteiger partial charge in [-0.15, -0.1) is 0 Å². The fourth-order valence-electron chi connectivity index (χ4n) is 2.10. The molecule has 0 radical (unpaired) electrons. The third kappa shape index (κ3) is 4.04. The smallest absolute Gasteiger partial charge is 0.381 e. The summed E-state index contributed by atoms with van der Waals surface area (Å²) in [5, 5.41) is 0. The minimum absolute atomic E-state index is 0.0240. The predicted molar refractivity (Wildman–Crippen MR) is 84.0 cm³/mol. The number of hydrogen-bond acceptors (Lipinski definition) is 6. The first-order chi connectivity index (χ1) is 10.0. The second kappa shape index (κ2) is 6.42. The SMILES string of the molecule is CC(OB1OC(C)C(C)(C)O1)C(C)OB1OC(C)C(C)(C)O1. The second-order valence-corrected chi connectivity index (χ2v) is 7.26. The van der Waals surface area contributed by atoms with Crippen molar-refractivity contribution in [1.82, 2.24) is 0 Å². The predicted octanol–water partition coefficient (Wildman–Crippen LogP) is 2.19. The average Bonchev–Trinajstić information content (AvgIpc) is 2.75. The van der Waals surface area contributed by atoms with Crippen molar-refractivity contribution in [2.45, 2.75) is 91.0 Å². The summed E-state index contributed by atoms with van der Waals surface area (Å²) in [5.74, 6) is 0. The zero-order valence-corrected chi connectivity index (χ0v) is 14.9. The minimum Gasteiger partial charge on any atom is -0.381 e. The van der Waals surface area contributed by atoms with Gasteiger partial charge in [0, 0.05) is 0 Å². The van der Waals surface area contributed by atoms with Crippen molar-refractivity contribution in [3.05, 3.63) is 0 Å². The van der Waals surface area contributed by atoms with E-state index in [1.54, 1.807) is 0 Å². The maximum Gasteiger partial charge on any atom is 0.640 e. The zero-order valence-electron chi connectivity index (χ0n) is 14.9. The third-order valence-electron chi connectivity index (χ3n) is 4.70. The van der Waals surface area contributed by atoms with Crippen LogP contribution < -0.4 is 0 Å². The topological polar surface area (TPSA) is 55.4 Å². The van der Waals surface area contributed by atoms with Gasteiger partial charge in [0.25, 0.3) is 0 Å². The molecule has 0 aromatic carbocycles. The largest absolute Gasteiger partial charge is 0.640 e. The summed E-state index contributed by atoms with van der Waals surface area (Å²) < 4.78 is 34.4. The molecule has 4 atom stereocenters. The van der Waals surface area contributed by atoms with E-state index in [0.29, 0.717) is 0 Å². The van der Waals surface area contributed by atoms with Crippen LogP contribution in [0.2, 0.25) is 0 Å². The normalized spacial score (nSPS) is 33.3. The Morgan fingerprint density at radius 3 is 1.32 bits per heavy atom. The van der Waals surface area contributed by atoms with Crippen LogP contribution in [0.15, 0.2) is 0 Å². The molecule has 4 unspecified atom stereocenters. The van der Waals surface area contributed by atoms with Gasteiger partial charge in [-0.2, -0.15) is 0 Å². The fraction of sp³-hybridized carbons (Fsp3) is 1.00. The Morgan fingerprint density at radius 1 is 0.773 bits per heavy atom. The molecule has 22 heavy (non-hydrogen) atoms. The zero-order chi connectivity index (χ0) is 16.7. The van der Waals surface area contributed by atoms with E-state index >= 15 is 0 Å². The maximum atomic E-state index is 5.79. The van der Waals surface area contributed by atoms with E-state index in [4.69, 9.17) is 27.9 Å². The van der Waals surface area contributed by atoms with Crippen LogP contribution in [-0.2, 0) is 27.9 Å². The molecular weight excluding hydrogens is 286 g/mol. The van der Waals surface area contributed by atoms with Gasteiger partial charge in [-0.25, -0.2) is 0 Å². The lowest BCUT2D eigenvalue weighted by atomic mass is 10.0. The summed E-state index contributed by atoms with van der Waals surface area (Å²) in [7, 11) is -1.35. The van der Waals surface area contributed by atoms with E-state index in [0.717, 1.165) is 0 Å². The molecule has 2 aliphatic heterocycles. The van der Waals surface area contributed by atoms with E-state index < -0.39 is 14.6 Å². The quantitative estimate of drug-likeness (QED) is 0.725. The first-order valence-corrected chi connectivity index (χ1v) is 7.99. The van der Waals surface area contributed by atoms with E-state index in [9.17, 15) is 0 Å². The highest BCUT2D eigenvalue weighted by Gasteiger charge is 2.48. The molecule has 0 amide bonds. The molecule has 6 nitrogen and oxygen atoms in total. The lowest BCUT2D eigenvalue weighted by molar-refractivity contribution is 0.00440. The van der Waals surface area contributed by atoms with Crippen molar-refractivity contribution in [1.29, 1.82) is 0 Å². The molecule has 0 aliphatic carbocycles. The van der Waals surface area contributed by atoms with Crippen LogP contribution in [0.1, 0.15) is 55.4 Å². The van der Waals surface area contributed by atoms with Gasteiger partial charge in [0.15, 0.2) is 0 Å². The maximum absolute atomic E-state index is 5.79. The van der Waals surface area contributed by atoms with E-state index in [1.165, 1.54) is 0 Å².